The Morgan fingerprint density at radius 2 is 1.68 bits per heavy atom. The molecule has 5 aliphatic rings. The van der Waals surface area contributed by atoms with Crippen LogP contribution in [0.4, 0.5) is 0 Å². The number of carbonyl (C=O) groups excluding carboxylic acids is 2. The zero-order chi connectivity index (χ0) is 36.5. The number of benzene rings is 1. The van der Waals surface area contributed by atoms with Crippen molar-refractivity contribution in [3.05, 3.63) is 60.2 Å². The Hall–Kier alpha value is -2.26. The molecule has 50 heavy (non-hydrogen) atoms. The van der Waals surface area contributed by atoms with Crippen molar-refractivity contribution in [3.8, 4) is 0 Å². The van der Waals surface area contributed by atoms with Gasteiger partial charge in [0.15, 0.2) is 8.32 Å². The van der Waals surface area contributed by atoms with Crippen molar-refractivity contribution >= 4 is 20.3 Å². The first-order valence-corrected chi connectivity index (χ1v) is 22.0. The van der Waals surface area contributed by atoms with Crippen molar-refractivity contribution in [2.75, 3.05) is 0 Å². The molecule has 2 bridgehead atoms. The molecule has 1 aliphatic heterocycles. The van der Waals surface area contributed by atoms with Gasteiger partial charge in [-0.1, -0.05) is 58.4 Å². The van der Waals surface area contributed by atoms with Crippen molar-refractivity contribution in [2.45, 2.75) is 154 Å². The van der Waals surface area contributed by atoms with Crippen LogP contribution in [-0.4, -0.2) is 49.8 Å². The molecule has 1 aromatic rings. The molecule has 8 heteroatoms. The van der Waals surface area contributed by atoms with Gasteiger partial charge in [-0.2, -0.15) is 0 Å². The minimum Gasteiger partial charge on any atom is -0.463 e. The van der Waals surface area contributed by atoms with Crippen molar-refractivity contribution < 1.29 is 33.3 Å². The number of hydrogen-bond donors (Lipinski definition) is 0. The maximum absolute atomic E-state index is 14.0. The molecule has 1 heterocycles. The van der Waals surface area contributed by atoms with Gasteiger partial charge in [0.2, 0.25) is 0 Å². The molecule has 0 unspecified atom stereocenters. The zero-order valence-corrected chi connectivity index (χ0v) is 33.3. The van der Waals surface area contributed by atoms with Gasteiger partial charge in [-0.25, -0.2) is 14.6 Å². The second-order valence-corrected chi connectivity index (χ2v) is 23.2. The Bertz CT molecular complexity index is 1500. The van der Waals surface area contributed by atoms with Gasteiger partial charge in [0.05, 0.1) is 17.1 Å². The van der Waals surface area contributed by atoms with E-state index in [1.165, 1.54) is 6.92 Å². The van der Waals surface area contributed by atoms with E-state index in [2.05, 4.69) is 80.3 Å². The van der Waals surface area contributed by atoms with Gasteiger partial charge in [0.25, 0.3) is 0 Å². The first-order chi connectivity index (χ1) is 23.3. The summed E-state index contributed by atoms with van der Waals surface area (Å²) in [5, 5.41) is 0.0341. The lowest BCUT2D eigenvalue weighted by molar-refractivity contribution is -0.363. The molecule has 7 nitrogen and oxygen atoms in total. The van der Waals surface area contributed by atoms with Crippen molar-refractivity contribution in [1.29, 1.82) is 0 Å². The predicted molar refractivity (Wildman–Crippen MR) is 198 cm³/mol. The lowest BCUT2D eigenvalue weighted by atomic mass is 9.41. The van der Waals surface area contributed by atoms with Gasteiger partial charge in [-0.3, -0.25) is 4.79 Å². The molecular formula is C42H62O7Si. The topological polar surface area (TPSA) is 80.3 Å². The fourth-order valence-electron chi connectivity index (χ4n) is 10.7. The van der Waals surface area contributed by atoms with Crippen molar-refractivity contribution in [1.82, 2.24) is 0 Å². The number of ether oxygens (including phenoxy) is 2. The van der Waals surface area contributed by atoms with E-state index in [0.29, 0.717) is 11.5 Å². The molecule has 1 saturated heterocycles. The summed E-state index contributed by atoms with van der Waals surface area (Å²) in [6, 6.07) is 9.33. The zero-order valence-electron chi connectivity index (χ0n) is 32.3. The van der Waals surface area contributed by atoms with Crippen LogP contribution in [0.1, 0.15) is 117 Å². The number of esters is 2. The number of rotatable bonds is 10. The second-order valence-electron chi connectivity index (χ2n) is 18.5. The molecule has 0 radical (unpaired) electrons. The Balaban J connectivity index is 1.41. The average Bonchev–Trinajstić information content (AvgIpc) is 3.47. The highest BCUT2D eigenvalue weighted by Crippen LogP contribution is 2.74. The molecule has 1 aromatic carbocycles. The predicted octanol–water partition coefficient (Wildman–Crippen LogP) is 9.78. The van der Waals surface area contributed by atoms with E-state index in [0.717, 1.165) is 56.9 Å². The van der Waals surface area contributed by atoms with Crippen LogP contribution in [0.5, 0.6) is 0 Å². The first kappa shape index (κ1) is 37.5. The fourth-order valence-corrected chi connectivity index (χ4v) is 12.2. The highest BCUT2D eigenvalue weighted by atomic mass is 28.4. The Labute approximate surface area is 301 Å². The lowest BCUT2D eigenvalue weighted by Gasteiger charge is -2.64. The average molecular weight is 707 g/mol. The Morgan fingerprint density at radius 3 is 2.28 bits per heavy atom. The largest absolute Gasteiger partial charge is 0.463 e. The van der Waals surface area contributed by atoms with Crippen LogP contribution in [0.3, 0.4) is 0 Å². The Morgan fingerprint density at radius 1 is 0.980 bits per heavy atom. The van der Waals surface area contributed by atoms with E-state index in [9.17, 15) is 9.59 Å². The van der Waals surface area contributed by atoms with Crippen LogP contribution in [0, 0.1) is 34.5 Å². The molecule has 3 saturated carbocycles. The van der Waals surface area contributed by atoms with Crippen LogP contribution in [0.2, 0.25) is 18.1 Å². The summed E-state index contributed by atoms with van der Waals surface area (Å²) in [4.78, 5) is 39.6. The van der Waals surface area contributed by atoms with Gasteiger partial charge in [-0.15, -0.1) is 6.58 Å². The summed E-state index contributed by atoms with van der Waals surface area (Å²) < 4.78 is 19.8. The first-order valence-electron chi connectivity index (χ1n) is 19.1. The van der Waals surface area contributed by atoms with Crippen LogP contribution < -0.4 is 0 Å². The van der Waals surface area contributed by atoms with E-state index in [-0.39, 0.29) is 52.4 Å². The number of fused-ring (bicyclic) bond motifs is 3. The molecule has 0 aromatic heterocycles. The molecule has 276 valence electrons. The number of allylic oxidation sites excluding steroid dienone is 1. The van der Waals surface area contributed by atoms with Crippen molar-refractivity contribution in [2.24, 2.45) is 34.5 Å². The number of hydrogen-bond acceptors (Lipinski definition) is 7. The minimum atomic E-state index is -2.18. The highest BCUT2D eigenvalue weighted by molar-refractivity contribution is 6.74. The smallest absolute Gasteiger partial charge is 0.338 e. The summed E-state index contributed by atoms with van der Waals surface area (Å²) >= 11 is 0. The lowest BCUT2D eigenvalue weighted by Crippen LogP contribution is -2.69. The second kappa shape index (κ2) is 13.0. The summed E-state index contributed by atoms with van der Waals surface area (Å²) in [6.07, 6.45) is 11.1. The van der Waals surface area contributed by atoms with Gasteiger partial charge in [0.1, 0.15) is 23.4 Å². The maximum Gasteiger partial charge on any atom is 0.338 e. The van der Waals surface area contributed by atoms with Crippen LogP contribution in [-0.2, 0) is 28.5 Å². The van der Waals surface area contributed by atoms with E-state index < -0.39 is 31.0 Å². The molecule has 4 aliphatic carbocycles. The maximum atomic E-state index is 14.0. The minimum absolute atomic E-state index is 0.0147. The van der Waals surface area contributed by atoms with Gasteiger partial charge < -0.3 is 13.9 Å². The quantitative estimate of drug-likeness (QED) is 0.104. The molecular weight excluding hydrogens is 645 g/mol. The molecule has 0 spiro atoms. The SMILES string of the molecule is C=C(C)CC[C@@H](O[Si](C)(C)C(C)(C)C)[C@@H](C)[C@@]12C=C[C@]3(OO1)[C@@H]1CC[C@H]4C[C@@H](OC(C)=O)CC[C@]4(C)[C@H]1C[C@@H](OC(=O)c1ccccc1)[C@@]32C. The van der Waals surface area contributed by atoms with Gasteiger partial charge in [-0.05, 0) is 131 Å². The van der Waals surface area contributed by atoms with E-state index in [1.54, 1.807) is 0 Å². The summed E-state index contributed by atoms with van der Waals surface area (Å²) in [5.74, 6) is 0.225. The molecule has 0 amide bonds. The van der Waals surface area contributed by atoms with Crippen molar-refractivity contribution in [3.63, 3.8) is 0 Å². The van der Waals surface area contributed by atoms with Crippen LogP contribution in [0.15, 0.2) is 54.6 Å². The molecule has 0 N–H and O–H groups in total. The normalized spacial score (nSPS) is 38.7. The third kappa shape index (κ3) is 5.79. The van der Waals surface area contributed by atoms with E-state index >= 15 is 0 Å². The molecule has 4 fully saturated rings. The highest BCUT2D eigenvalue weighted by Gasteiger charge is 2.82. The van der Waals surface area contributed by atoms with Crippen LogP contribution in [0.25, 0.3) is 0 Å². The summed E-state index contributed by atoms with van der Waals surface area (Å²) in [6.45, 7) is 26.3. The summed E-state index contributed by atoms with van der Waals surface area (Å²) in [5.41, 5.74) is -0.659. The van der Waals surface area contributed by atoms with E-state index in [1.807, 2.05) is 30.3 Å². The fraction of sp³-hybridized carbons (Fsp3) is 0.714. The van der Waals surface area contributed by atoms with Crippen LogP contribution >= 0.6 is 0 Å². The third-order valence-electron chi connectivity index (χ3n) is 14.8. The Kier molecular flexibility index (Phi) is 9.74. The molecule has 11 atom stereocenters. The van der Waals surface area contributed by atoms with Gasteiger partial charge >= 0.3 is 11.9 Å². The number of carbonyl (C=O) groups is 2. The van der Waals surface area contributed by atoms with Gasteiger partial charge in [0, 0.05) is 12.8 Å². The van der Waals surface area contributed by atoms with E-state index in [4.69, 9.17) is 23.7 Å². The molecule has 6 rings (SSSR count). The summed E-state index contributed by atoms with van der Waals surface area (Å²) in [7, 11) is -2.18. The standard InChI is InChI=1S/C42H62O7Si/c1-27(2)17-20-35(47-50(10,11)38(5,6)7)28(3)41-23-24-42(49-48-41)33-19-18-31-25-32(45-29(4)43)21-22-39(31,8)34(33)26-36(40(41,42)9)46-37(44)30-15-13-12-14-16-30/h12-16,23-24,28,31-36H,1,17-22,25-26H2,2-11H3/t28-,31+,32+,33-,34+,35-,36-,39+,40-,41-,42+/m1/s1. The monoisotopic (exact) mass is 706 g/mol. The third-order valence-corrected chi connectivity index (χ3v) is 19.3.